The Labute approximate surface area is 237 Å². The van der Waals surface area contributed by atoms with Crippen molar-refractivity contribution in [1.82, 2.24) is 4.90 Å². The first kappa shape index (κ1) is 24.0. The first-order chi connectivity index (χ1) is 19.8. The highest BCUT2D eigenvalue weighted by Crippen LogP contribution is 2.45. The lowest BCUT2D eigenvalue weighted by Gasteiger charge is -2.52. The number of morpholine rings is 1. The molecule has 0 spiro atoms. The molecule has 6 atom stereocenters. The van der Waals surface area contributed by atoms with Gasteiger partial charge in [-0.25, -0.2) is 0 Å². The highest BCUT2D eigenvalue weighted by Gasteiger charge is 2.44. The van der Waals surface area contributed by atoms with Crippen LogP contribution in [0.5, 0.6) is 0 Å². The zero-order valence-electron chi connectivity index (χ0n) is 22.8. The smallest absolute Gasteiger partial charge is 0.101 e. The van der Waals surface area contributed by atoms with E-state index in [1.165, 1.54) is 39.1 Å². The molecule has 1 saturated heterocycles. The van der Waals surface area contributed by atoms with Gasteiger partial charge < -0.3 is 9.64 Å². The van der Waals surface area contributed by atoms with E-state index in [1.54, 1.807) is 0 Å². The van der Waals surface area contributed by atoms with Crippen molar-refractivity contribution in [2.24, 2.45) is 5.92 Å². The van der Waals surface area contributed by atoms with Crippen LogP contribution in [0.3, 0.4) is 0 Å². The number of rotatable bonds is 3. The van der Waals surface area contributed by atoms with Crippen molar-refractivity contribution in [3.8, 4) is 0 Å². The van der Waals surface area contributed by atoms with E-state index in [0.717, 1.165) is 25.7 Å². The second-order valence-corrected chi connectivity index (χ2v) is 11.8. The molecule has 7 aliphatic rings. The van der Waals surface area contributed by atoms with Gasteiger partial charge in [0.2, 0.25) is 0 Å². The Morgan fingerprint density at radius 2 is 1.62 bits per heavy atom. The average molecular weight is 522 g/mol. The molecule has 0 radical (unpaired) electrons. The van der Waals surface area contributed by atoms with Gasteiger partial charge in [0, 0.05) is 17.5 Å². The molecule has 0 N–H and O–H groups in total. The molecule has 1 aromatic carbocycles. The Kier molecular flexibility index (Phi) is 5.96. The fraction of sp³-hybridized carbons (Fsp3) is 0.263. The second kappa shape index (κ2) is 9.94. The standard InChI is InChI=1S/C38H35NO/c1-3-9-26(10-4-1)30-18-21-35-37(23-30)40-38-24-31(27-11-5-2-6-12-27)19-22-36(38)39(35)32-20-17-29-16-15-28-13-7-8-14-33(28)34(29)25-32/h1,3-5,7-9,11-24,26,34-38H,2,6,10,25H2. The maximum Gasteiger partial charge on any atom is 0.101 e. The molecule has 1 fully saturated rings. The lowest BCUT2D eigenvalue weighted by atomic mass is 9.77. The van der Waals surface area contributed by atoms with Crippen molar-refractivity contribution in [2.75, 3.05) is 0 Å². The predicted octanol–water partition coefficient (Wildman–Crippen LogP) is 8.22. The van der Waals surface area contributed by atoms with E-state index in [4.69, 9.17) is 4.74 Å². The Morgan fingerprint density at radius 1 is 0.725 bits per heavy atom. The largest absolute Gasteiger partial charge is 0.362 e. The topological polar surface area (TPSA) is 12.5 Å². The summed E-state index contributed by atoms with van der Waals surface area (Å²) in [5.74, 6) is 0.826. The van der Waals surface area contributed by atoms with Crippen molar-refractivity contribution in [2.45, 2.75) is 55.9 Å². The van der Waals surface area contributed by atoms with E-state index < -0.39 is 0 Å². The summed E-state index contributed by atoms with van der Waals surface area (Å²) in [5, 5.41) is 0. The molecule has 1 aromatic rings. The molecular formula is C38H35NO. The van der Waals surface area contributed by atoms with Crippen molar-refractivity contribution >= 4 is 6.08 Å². The third-order valence-corrected chi connectivity index (χ3v) is 9.47. The van der Waals surface area contributed by atoms with Crippen molar-refractivity contribution in [3.63, 3.8) is 0 Å². The zero-order valence-corrected chi connectivity index (χ0v) is 22.8. The van der Waals surface area contributed by atoms with Gasteiger partial charge in [-0.3, -0.25) is 0 Å². The van der Waals surface area contributed by atoms with Crippen LogP contribution in [0.4, 0.5) is 0 Å². The number of fused-ring (bicyclic) bond motifs is 5. The predicted molar refractivity (Wildman–Crippen MR) is 164 cm³/mol. The van der Waals surface area contributed by atoms with Gasteiger partial charge >= 0.3 is 0 Å². The minimum atomic E-state index is 0.00749. The van der Waals surface area contributed by atoms with E-state index >= 15 is 0 Å². The molecule has 1 aliphatic heterocycles. The van der Waals surface area contributed by atoms with Gasteiger partial charge in [0.1, 0.15) is 12.2 Å². The first-order valence-corrected chi connectivity index (χ1v) is 14.9. The summed E-state index contributed by atoms with van der Waals surface area (Å²) >= 11 is 0. The van der Waals surface area contributed by atoms with E-state index in [1.807, 2.05) is 0 Å². The third-order valence-electron chi connectivity index (χ3n) is 9.47. The maximum atomic E-state index is 6.98. The first-order valence-electron chi connectivity index (χ1n) is 14.9. The van der Waals surface area contributed by atoms with Crippen LogP contribution in [-0.2, 0) is 4.74 Å². The molecule has 198 valence electrons. The van der Waals surface area contributed by atoms with Gasteiger partial charge in [-0.05, 0) is 77.3 Å². The van der Waals surface area contributed by atoms with Crippen LogP contribution in [0.2, 0.25) is 0 Å². The normalized spacial score (nSPS) is 33.1. The molecule has 1 heterocycles. The molecular weight excluding hydrogens is 486 g/mol. The van der Waals surface area contributed by atoms with E-state index in [-0.39, 0.29) is 24.3 Å². The molecule has 0 aromatic heterocycles. The van der Waals surface area contributed by atoms with Crippen LogP contribution in [-0.4, -0.2) is 29.2 Å². The van der Waals surface area contributed by atoms with Crippen LogP contribution in [0.1, 0.15) is 42.7 Å². The summed E-state index contributed by atoms with van der Waals surface area (Å²) in [7, 11) is 0. The summed E-state index contributed by atoms with van der Waals surface area (Å²) in [6, 6.07) is 9.24. The van der Waals surface area contributed by atoms with Gasteiger partial charge in [-0.2, -0.15) is 0 Å². The van der Waals surface area contributed by atoms with Crippen LogP contribution in [0.25, 0.3) is 6.08 Å². The molecule has 2 nitrogen and oxygen atoms in total. The summed E-state index contributed by atoms with van der Waals surface area (Å²) < 4.78 is 6.98. The molecule has 0 saturated carbocycles. The van der Waals surface area contributed by atoms with E-state index in [9.17, 15) is 0 Å². The molecule has 6 unspecified atom stereocenters. The fourth-order valence-corrected chi connectivity index (χ4v) is 7.43. The lowest BCUT2D eigenvalue weighted by Crippen LogP contribution is -2.59. The van der Waals surface area contributed by atoms with Crippen molar-refractivity contribution in [1.29, 1.82) is 0 Å². The Balaban J connectivity index is 1.16. The van der Waals surface area contributed by atoms with E-state index in [0.29, 0.717) is 11.8 Å². The van der Waals surface area contributed by atoms with Gasteiger partial charge in [0.25, 0.3) is 0 Å². The van der Waals surface area contributed by atoms with Crippen molar-refractivity contribution in [3.05, 3.63) is 161 Å². The summed E-state index contributed by atoms with van der Waals surface area (Å²) in [5.41, 5.74) is 9.61. The van der Waals surface area contributed by atoms with E-state index in [2.05, 4.69) is 132 Å². The summed E-state index contributed by atoms with van der Waals surface area (Å²) in [4.78, 5) is 2.68. The van der Waals surface area contributed by atoms with Crippen LogP contribution in [0, 0.1) is 5.92 Å². The molecule has 8 rings (SSSR count). The summed E-state index contributed by atoms with van der Waals surface area (Å²) in [6.45, 7) is 0. The number of hydrogen-bond donors (Lipinski definition) is 0. The highest BCUT2D eigenvalue weighted by molar-refractivity contribution is 5.65. The number of nitrogens with zero attached hydrogens (tertiary/aromatic N) is 1. The number of hydrogen-bond acceptors (Lipinski definition) is 2. The monoisotopic (exact) mass is 521 g/mol. The Bertz CT molecular complexity index is 1560. The fourth-order valence-electron chi connectivity index (χ4n) is 7.43. The quantitative estimate of drug-likeness (QED) is 0.397. The Hall–Kier alpha value is -3.88. The van der Waals surface area contributed by atoms with Crippen molar-refractivity contribution < 1.29 is 4.74 Å². The number of benzene rings is 1. The van der Waals surface area contributed by atoms with Gasteiger partial charge in [-0.15, -0.1) is 0 Å². The van der Waals surface area contributed by atoms with Crippen LogP contribution >= 0.6 is 0 Å². The second-order valence-electron chi connectivity index (χ2n) is 11.8. The molecule has 0 bridgehead atoms. The molecule has 0 amide bonds. The zero-order chi connectivity index (χ0) is 26.5. The highest BCUT2D eigenvalue weighted by atomic mass is 16.5. The van der Waals surface area contributed by atoms with Gasteiger partial charge in [0.05, 0.1) is 12.1 Å². The average Bonchev–Trinajstić information content (AvgIpc) is 3.03. The van der Waals surface area contributed by atoms with Gasteiger partial charge in [-0.1, -0.05) is 109 Å². The molecule has 2 heteroatoms. The van der Waals surface area contributed by atoms with Crippen LogP contribution in [0.15, 0.2) is 149 Å². The van der Waals surface area contributed by atoms with Gasteiger partial charge in [0.15, 0.2) is 0 Å². The summed E-state index contributed by atoms with van der Waals surface area (Å²) in [6.07, 6.45) is 43.8. The SMILES string of the molecule is C1=CCC(C2=CC3OC4C=C(C5=CCCC=C5)C=CC4N(C4=CC=C5C=Cc6ccccc6C5C4)C3C=C2)C=C1. The van der Waals surface area contributed by atoms with Crippen LogP contribution < -0.4 is 0 Å². The number of ether oxygens (including phenoxy) is 1. The minimum absolute atomic E-state index is 0.00749. The lowest BCUT2D eigenvalue weighted by molar-refractivity contribution is -0.0793. The maximum absolute atomic E-state index is 6.98. The molecule has 40 heavy (non-hydrogen) atoms. The third kappa shape index (κ3) is 4.14. The number of allylic oxidation sites excluding steroid dienone is 17. The molecule has 6 aliphatic carbocycles. The minimum Gasteiger partial charge on any atom is -0.362 e. The Morgan fingerprint density at radius 3 is 2.50 bits per heavy atom.